The Morgan fingerprint density at radius 2 is 1.41 bits per heavy atom. The lowest BCUT2D eigenvalue weighted by molar-refractivity contribution is -0.384. The molecule has 0 heterocycles. The average molecular weight is 467 g/mol. The van der Waals surface area contributed by atoms with E-state index in [9.17, 15) is 19.7 Å². The number of ketones is 2. The minimum atomic E-state index is -1.55. The second-order valence-corrected chi connectivity index (χ2v) is 7.16. The molecule has 0 amide bonds. The second-order valence-electron chi connectivity index (χ2n) is 5.25. The number of nitrogens with zero attached hydrogens (tertiary/aromatic N) is 3. The molecule has 2 aromatic carbocycles. The number of hydrogen-bond acceptors (Lipinski definition) is 6. The first-order valence-electron chi connectivity index (χ1n) is 6.94. The fourth-order valence-corrected chi connectivity index (χ4v) is 3.65. The molecule has 12 heteroatoms. The maximum absolute atomic E-state index is 12.6. The van der Waals surface area contributed by atoms with Gasteiger partial charge in [-0.15, -0.1) is 0 Å². The van der Waals surface area contributed by atoms with Crippen LogP contribution >= 0.6 is 58.0 Å². The van der Waals surface area contributed by atoms with Crippen molar-refractivity contribution in [2.45, 2.75) is 6.04 Å². The summed E-state index contributed by atoms with van der Waals surface area (Å²) in [7, 11) is 0. The Morgan fingerprint density at radius 1 is 0.889 bits per heavy atom. The predicted molar refractivity (Wildman–Crippen MR) is 102 cm³/mol. The predicted octanol–water partition coefficient (Wildman–Crippen LogP) is 6.39. The van der Waals surface area contributed by atoms with Crippen LogP contribution in [0.4, 0.5) is 11.4 Å². The molecular weight excluding hydrogens is 463 g/mol. The molecule has 0 spiro atoms. The van der Waals surface area contributed by atoms with E-state index < -0.39 is 22.5 Å². The summed E-state index contributed by atoms with van der Waals surface area (Å²) in [6, 6.07) is 1.90. The van der Waals surface area contributed by atoms with Crippen molar-refractivity contribution in [3.05, 3.63) is 64.6 Å². The fraction of sp³-hybridized carbons (Fsp3) is 0.0667. The van der Waals surface area contributed by atoms with Gasteiger partial charge in [0.25, 0.3) is 5.69 Å². The molecular formula is C15H4Cl5N3O4. The minimum Gasteiger partial charge on any atom is -0.291 e. The molecule has 0 fully saturated rings. The molecule has 0 saturated carbocycles. The lowest BCUT2D eigenvalue weighted by Gasteiger charge is -2.07. The van der Waals surface area contributed by atoms with Gasteiger partial charge in [0.2, 0.25) is 0 Å². The Hall–Kier alpha value is -1.77. The Morgan fingerprint density at radius 3 is 1.85 bits per heavy atom. The third kappa shape index (κ3) is 3.30. The van der Waals surface area contributed by atoms with Crippen molar-refractivity contribution in [1.82, 2.24) is 0 Å². The van der Waals surface area contributed by atoms with Gasteiger partial charge >= 0.3 is 0 Å². The normalized spacial score (nSPS) is 14.3. The molecule has 0 bridgehead atoms. The van der Waals surface area contributed by atoms with E-state index in [1.807, 2.05) is 0 Å². The number of hydrogen-bond donors (Lipinski definition) is 0. The number of carbonyl (C=O) groups is 2. The fourth-order valence-electron chi connectivity index (χ4n) is 2.40. The molecule has 0 aliphatic heterocycles. The Balaban J connectivity index is 2.01. The second kappa shape index (κ2) is 7.33. The van der Waals surface area contributed by atoms with Gasteiger partial charge in [0.1, 0.15) is 5.69 Å². The van der Waals surface area contributed by atoms with Crippen LogP contribution in [-0.2, 0) is 0 Å². The Bertz CT molecular complexity index is 1020. The van der Waals surface area contributed by atoms with Crippen LogP contribution in [0.5, 0.6) is 0 Å². The van der Waals surface area contributed by atoms with Gasteiger partial charge in [-0.2, -0.15) is 10.2 Å². The van der Waals surface area contributed by atoms with Crippen molar-refractivity contribution in [2.24, 2.45) is 10.2 Å². The van der Waals surface area contributed by atoms with Crippen molar-refractivity contribution in [3.63, 3.8) is 0 Å². The van der Waals surface area contributed by atoms with Crippen molar-refractivity contribution in [2.75, 3.05) is 0 Å². The molecule has 27 heavy (non-hydrogen) atoms. The van der Waals surface area contributed by atoms with Crippen LogP contribution in [0.3, 0.4) is 0 Å². The summed E-state index contributed by atoms with van der Waals surface area (Å²) < 4.78 is 0. The van der Waals surface area contributed by atoms with E-state index in [4.69, 9.17) is 58.0 Å². The van der Waals surface area contributed by atoms with Gasteiger partial charge in [-0.25, -0.2) is 0 Å². The topological polar surface area (TPSA) is 102 Å². The lowest BCUT2D eigenvalue weighted by atomic mass is 10.1. The molecule has 0 N–H and O–H groups in total. The van der Waals surface area contributed by atoms with Crippen molar-refractivity contribution >= 4 is 80.9 Å². The van der Waals surface area contributed by atoms with Gasteiger partial charge in [-0.1, -0.05) is 58.0 Å². The number of nitro groups is 1. The van der Waals surface area contributed by atoms with Crippen LogP contribution in [-0.4, -0.2) is 22.5 Å². The third-order valence-corrected chi connectivity index (χ3v) is 5.78. The van der Waals surface area contributed by atoms with Crippen molar-refractivity contribution < 1.29 is 14.5 Å². The summed E-state index contributed by atoms with van der Waals surface area (Å²) in [6.45, 7) is 0. The number of benzene rings is 2. The first-order valence-corrected chi connectivity index (χ1v) is 8.83. The number of rotatable bonds is 3. The van der Waals surface area contributed by atoms with Crippen LogP contribution in [0, 0.1) is 10.1 Å². The zero-order chi connectivity index (χ0) is 20.0. The van der Waals surface area contributed by atoms with Gasteiger partial charge in [0.15, 0.2) is 17.6 Å². The number of nitro benzene ring substituents is 1. The van der Waals surface area contributed by atoms with Gasteiger partial charge in [0.05, 0.1) is 41.2 Å². The summed E-state index contributed by atoms with van der Waals surface area (Å²) >= 11 is 29.8. The molecule has 0 unspecified atom stereocenters. The summed E-state index contributed by atoms with van der Waals surface area (Å²) in [5.74, 6) is -1.50. The van der Waals surface area contributed by atoms with E-state index in [2.05, 4.69) is 10.2 Å². The molecule has 0 aromatic heterocycles. The molecule has 1 aliphatic carbocycles. The number of halogens is 5. The molecule has 2 aromatic rings. The van der Waals surface area contributed by atoms with E-state index in [0.29, 0.717) is 0 Å². The van der Waals surface area contributed by atoms with Crippen molar-refractivity contribution in [3.8, 4) is 0 Å². The Labute approximate surface area is 176 Å². The maximum atomic E-state index is 12.6. The SMILES string of the molecule is O=C1c2c(Cl)c(Cl)c(Cl)c(Cl)c2C(=O)C1N=Nc1ccc([N+](=O)[O-])cc1Cl. The van der Waals surface area contributed by atoms with Crippen LogP contribution < -0.4 is 0 Å². The zero-order valence-electron chi connectivity index (χ0n) is 12.7. The Kier molecular flexibility index (Phi) is 5.42. The van der Waals surface area contributed by atoms with E-state index >= 15 is 0 Å². The molecule has 3 rings (SSSR count). The summed E-state index contributed by atoms with van der Waals surface area (Å²) in [4.78, 5) is 35.2. The first-order chi connectivity index (χ1) is 12.6. The van der Waals surface area contributed by atoms with E-state index in [-0.39, 0.29) is 47.6 Å². The molecule has 0 atom stereocenters. The standard InChI is InChI=1S/C15H4Cl5N3O4/c16-5-3-4(23(26)27)1-2-6(5)21-22-13-14(24)7-8(15(13)25)10(18)12(20)11(19)9(7)17/h1-3,13H. The highest BCUT2D eigenvalue weighted by Crippen LogP contribution is 2.45. The van der Waals surface area contributed by atoms with E-state index in [1.165, 1.54) is 6.07 Å². The summed E-state index contributed by atoms with van der Waals surface area (Å²) in [5, 5.41) is 17.4. The maximum Gasteiger partial charge on any atom is 0.271 e. The van der Waals surface area contributed by atoms with Gasteiger partial charge in [0, 0.05) is 12.1 Å². The smallest absolute Gasteiger partial charge is 0.271 e. The number of carbonyl (C=O) groups excluding carboxylic acids is 2. The average Bonchev–Trinajstić information content (AvgIpc) is 2.87. The zero-order valence-corrected chi connectivity index (χ0v) is 16.5. The first kappa shape index (κ1) is 20.0. The van der Waals surface area contributed by atoms with Gasteiger partial charge in [-0.05, 0) is 6.07 Å². The summed E-state index contributed by atoms with van der Waals surface area (Å²) in [5.41, 5.74) is -0.575. The van der Waals surface area contributed by atoms with Crippen LogP contribution in [0.2, 0.25) is 25.1 Å². The van der Waals surface area contributed by atoms with Crippen molar-refractivity contribution in [1.29, 1.82) is 0 Å². The van der Waals surface area contributed by atoms with E-state index in [1.54, 1.807) is 0 Å². The van der Waals surface area contributed by atoms with Crippen LogP contribution in [0.15, 0.2) is 28.4 Å². The molecule has 7 nitrogen and oxygen atoms in total. The molecule has 138 valence electrons. The van der Waals surface area contributed by atoms with Gasteiger partial charge < -0.3 is 0 Å². The quantitative estimate of drug-likeness (QED) is 0.130. The largest absolute Gasteiger partial charge is 0.291 e. The molecule has 0 radical (unpaired) electrons. The summed E-state index contributed by atoms with van der Waals surface area (Å²) in [6.07, 6.45) is 0. The molecule has 1 aliphatic rings. The number of fused-ring (bicyclic) bond motifs is 1. The molecule has 0 saturated heterocycles. The number of azo groups is 1. The highest BCUT2D eigenvalue weighted by molar-refractivity contribution is 6.55. The van der Waals surface area contributed by atoms with Crippen LogP contribution in [0.25, 0.3) is 0 Å². The number of Topliss-reactive ketones (excluding diaryl/α,β-unsaturated/α-hetero) is 2. The van der Waals surface area contributed by atoms with Gasteiger partial charge in [-0.3, -0.25) is 19.7 Å². The minimum absolute atomic E-state index is 0.0343. The highest BCUT2D eigenvalue weighted by Gasteiger charge is 2.44. The monoisotopic (exact) mass is 465 g/mol. The third-order valence-electron chi connectivity index (χ3n) is 3.68. The van der Waals surface area contributed by atoms with Crippen LogP contribution in [0.1, 0.15) is 20.7 Å². The lowest BCUT2D eigenvalue weighted by Crippen LogP contribution is -2.18. The van der Waals surface area contributed by atoms with E-state index in [0.717, 1.165) is 12.1 Å². The highest BCUT2D eigenvalue weighted by atomic mass is 35.5. The number of non-ortho nitro benzene ring substituents is 1.